The molecule has 0 aromatic heterocycles. The van der Waals surface area contributed by atoms with E-state index in [0.717, 1.165) is 29.1 Å². The van der Waals surface area contributed by atoms with E-state index in [4.69, 9.17) is 14.2 Å². The second kappa shape index (κ2) is 7.86. The van der Waals surface area contributed by atoms with Gasteiger partial charge in [-0.25, -0.2) is 0 Å². The number of ether oxygens (including phenoxy) is 3. The summed E-state index contributed by atoms with van der Waals surface area (Å²) in [6.07, 6.45) is 0.810. The second-order valence-electron chi connectivity index (χ2n) is 6.50. The van der Waals surface area contributed by atoms with Crippen LogP contribution in [-0.4, -0.2) is 26.6 Å². The van der Waals surface area contributed by atoms with Gasteiger partial charge in [0.05, 0.1) is 7.11 Å². The number of carbonyl (C=O) groups is 1. The van der Waals surface area contributed by atoms with Crippen LogP contribution in [0.3, 0.4) is 0 Å². The molecule has 0 aliphatic carbocycles. The first-order chi connectivity index (χ1) is 11.4. The van der Waals surface area contributed by atoms with E-state index in [2.05, 4.69) is 20.8 Å². The largest absolute Gasteiger partial charge is 0.497 e. The lowest BCUT2D eigenvalue weighted by Gasteiger charge is -2.23. The highest BCUT2D eigenvalue weighted by Crippen LogP contribution is 2.34. The Morgan fingerprint density at radius 3 is 2.12 bits per heavy atom. The van der Waals surface area contributed by atoms with Crippen LogP contribution in [0, 0.1) is 0 Å². The third-order valence-corrected chi connectivity index (χ3v) is 3.62. The van der Waals surface area contributed by atoms with Crippen molar-refractivity contribution in [3.63, 3.8) is 0 Å². The Balaban J connectivity index is 1.95. The molecule has 0 amide bonds. The van der Waals surface area contributed by atoms with Crippen molar-refractivity contribution in [2.24, 2.45) is 0 Å². The molecule has 2 aromatic rings. The average molecular weight is 328 g/mol. The topological polar surface area (TPSA) is 44.8 Å². The van der Waals surface area contributed by atoms with E-state index in [-0.39, 0.29) is 5.41 Å². The molecule has 4 heteroatoms. The number of benzene rings is 2. The molecule has 0 radical (unpaired) electrons. The van der Waals surface area contributed by atoms with Gasteiger partial charge in [-0.2, -0.15) is 0 Å². The zero-order valence-corrected chi connectivity index (χ0v) is 14.7. The van der Waals surface area contributed by atoms with Gasteiger partial charge >= 0.3 is 0 Å². The summed E-state index contributed by atoms with van der Waals surface area (Å²) in [6, 6.07) is 12.8. The van der Waals surface area contributed by atoms with Gasteiger partial charge < -0.3 is 14.2 Å². The summed E-state index contributed by atoms with van der Waals surface area (Å²) >= 11 is 0. The first-order valence-corrected chi connectivity index (χ1v) is 7.93. The molecule has 4 nitrogen and oxygen atoms in total. The molecular weight excluding hydrogens is 304 g/mol. The van der Waals surface area contributed by atoms with Crippen LogP contribution in [0.4, 0.5) is 0 Å². The Morgan fingerprint density at radius 2 is 1.54 bits per heavy atom. The van der Waals surface area contributed by atoms with Crippen LogP contribution in [0.1, 0.15) is 36.7 Å². The fourth-order valence-corrected chi connectivity index (χ4v) is 2.30. The smallest absolute Gasteiger partial charge is 0.150 e. The van der Waals surface area contributed by atoms with Gasteiger partial charge in [-0.05, 0) is 47.9 Å². The Kier molecular flexibility index (Phi) is 5.85. The van der Waals surface area contributed by atoms with E-state index in [9.17, 15) is 4.79 Å². The number of aldehydes is 1. The predicted molar refractivity (Wildman–Crippen MR) is 94.5 cm³/mol. The van der Waals surface area contributed by atoms with Crippen LogP contribution in [0.5, 0.6) is 17.2 Å². The van der Waals surface area contributed by atoms with Crippen molar-refractivity contribution >= 4 is 6.29 Å². The Bertz CT molecular complexity index is 669. The summed E-state index contributed by atoms with van der Waals surface area (Å²) < 4.78 is 16.8. The molecule has 0 heterocycles. The Labute approximate surface area is 143 Å². The van der Waals surface area contributed by atoms with Crippen molar-refractivity contribution in [3.05, 3.63) is 53.6 Å². The van der Waals surface area contributed by atoms with Gasteiger partial charge in [0.2, 0.25) is 0 Å². The van der Waals surface area contributed by atoms with E-state index in [1.807, 2.05) is 18.2 Å². The average Bonchev–Trinajstić information content (AvgIpc) is 2.58. The summed E-state index contributed by atoms with van der Waals surface area (Å²) in [6.45, 7) is 7.28. The molecule has 0 fully saturated rings. The molecule has 0 saturated carbocycles. The number of carbonyl (C=O) groups excluding carboxylic acids is 1. The van der Waals surface area contributed by atoms with Crippen molar-refractivity contribution in [1.29, 1.82) is 0 Å². The number of methoxy groups -OCH3 is 1. The van der Waals surface area contributed by atoms with Gasteiger partial charge in [0.1, 0.15) is 36.7 Å². The fraction of sp³-hybridized carbons (Fsp3) is 0.350. The van der Waals surface area contributed by atoms with E-state index in [0.29, 0.717) is 18.8 Å². The number of hydrogen-bond acceptors (Lipinski definition) is 4. The Morgan fingerprint density at radius 1 is 0.917 bits per heavy atom. The summed E-state index contributed by atoms with van der Waals surface area (Å²) in [5.41, 5.74) is 1.68. The van der Waals surface area contributed by atoms with E-state index in [1.165, 1.54) is 0 Å². The minimum absolute atomic E-state index is 0.0462. The zero-order valence-electron chi connectivity index (χ0n) is 14.7. The molecule has 128 valence electrons. The lowest BCUT2D eigenvalue weighted by molar-refractivity contribution is 0.112. The fourth-order valence-electron chi connectivity index (χ4n) is 2.30. The quantitative estimate of drug-likeness (QED) is 0.562. The molecular formula is C20H24O4. The third kappa shape index (κ3) is 4.75. The summed E-state index contributed by atoms with van der Waals surface area (Å²) in [4.78, 5) is 10.6. The number of rotatable bonds is 7. The lowest BCUT2D eigenvalue weighted by Crippen LogP contribution is -2.16. The Hall–Kier alpha value is -2.49. The zero-order chi connectivity index (χ0) is 17.6. The van der Waals surface area contributed by atoms with Crippen molar-refractivity contribution in [2.45, 2.75) is 26.2 Å². The minimum atomic E-state index is -0.0462. The molecule has 0 spiro atoms. The molecule has 0 aliphatic rings. The molecule has 0 bridgehead atoms. The summed E-state index contributed by atoms with van der Waals surface area (Å²) in [7, 11) is 1.66. The molecule has 0 saturated heterocycles. The van der Waals surface area contributed by atoms with Gasteiger partial charge in [-0.1, -0.05) is 20.8 Å². The highest BCUT2D eigenvalue weighted by molar-refractivity contribution is 5.74. The first kappa shape index (κ1) is 17.9. The van der Waals surface area contributed by atoms with Crippen LogP contribution in [-0.2, 0) is 5.41 Å². The van der Waals surface area contributed by atoms with Crippen LogP contribution in [0.25, 0.3) is 0 Å². The van der Waals surface area contributed by atoms with Gasteiger partial charge in [-0.15, -0.1) is 0 Å². The normalized spacial score (nSPS) is 11.0. The maximum Gasteiger partial charge on any atom is 0.150 e. The van der Waals surface area contributed by atoms with Gasteiger partial charge in [-0.3, -0.25) is 4.79 Å². The van der Waals surface area contributed by atoms with E-state index in [1.54, 1.807) is 31.4 Å². The molecule has 0 unspecified atom stereocenters. The van der Waals surface area contributed by atoms with Crippen molar-refractivity contribution in [1.82, 2.24) is 0 Å². The van der Waals surface area contributed by atoms with Crippen molar-refractivity contribution in [2.75, 3.05) is 20.3 Å². The minimum Gasteiger partial charge on any atom is -0.497 e. The summed E-state index contributed by atoms with van der Waals surface area (Å²) in [5, 5.41) is 0. The maximum absolute atomic E-state index is 10.6. The number of hydrogen-bond donors (Lipinski definition) is 0. The molecule has 2 rings (SSSR count). The molecule has 0 atom stereocenters. The predicted octanol–water partition coefficient (Wildman–Crippen LogP) is 4.26. The van der Waals surface area contributed by atoms with Gasteiger partial charge in [0.25, 0.3) is 0 Å². The van der Waals surface area contributed by atoms with Gasteiger partial charge in [0, 0.05) is 11.1 Å². The molecule has 2 aromatic carbocycles. The van der Waals surface area contributed by atoms with Crippen molar-refractivity contribution in [3.8, 4) is 17.2 Å². The molecule has 0 aliphatic heterocycles. The van der Waals surface area contributed by atoms with Crippen molar-refractivity contribution < 1.29 is 19.0 Å². The monoisotopic (exact) mass is 328 g/mol. The molecule has 0 N–H and O–H groups in total. The van der Waals surface area contributed by atoms with E-state index < -0.39 is 0 Å². The highest BCUT2D eigenvalue weighted by Gasteiger charge is 2.20. The second-order valence-corrected chi connectivity index (χ2v) is 6.50. The standard InChI is InChI=1S/C20H24O4/c1-20(2,3)18-13-17(22-4)9-10-19(18)24-12-11-23-16-7-5-15(14-21)6-8-16/h5-10,13-14H,11-12H2,1-4H3. The van der Waals surface area contributed by atoms with Gasteiger partial charge in [0.15, 0.2) is 0 Å². The van der Waals surface area contributed by atoms with Crippen LogP contribution >= 0.6 is 0 Å². The van der Waals surface area contributed by atoms with Crippen LogP contribution in [0.2, 0.25) is 0 Å². The molecule has 24 heavy (non-hydrogen) atoms. The summed E-state index contributed by atoms with van der Waals surface area (Å²) in [5.74, 6) is 2.37. The highest BCUT2D eigenvalue weighted by atomic mass is 16.5. The van der Waals surface area contributed by atoms with E-state index >= 15 is 0 Å². The third-order valence-electron chi connectivity index (χ3n) is 3.62. The lowest BCUT2D eigenvalue weighted by atomic mass is 9.86. The maximum atomic E-state index is 10.6. The van der Waals surface area contributed by atoms with Crippen LogP contribution in [0.15, 0.2) is 42.5 Å². The first-order valence-electron chi connectivity index (χ1n) is 7.93. The SMILES string of the molecule is COc1ccc(OCCOc2ccc(C=O)cc2)c(C(C)(C)C)c1. The van der Waals surface area contributed by atoms with Crippen LogP contribution < -0.4 is 14.2 Å².